The van der Waals surface area contributed by atoms with Gasteiger partial charge in [0.2, 0.25) is 0 Å². The molecule has 1 heterocycles. The second-order valence-electron chi connectivity index (χ2n) is 5.88. The number of carbonyl (C=O) groups excluding carboxylic acids is 1. The Morgan fingerprint density at radius 1 is 1.04 bits per heavy atom. The first-order chi connectivity index (χ1) is 12.2. The van der Waals surface area contributed by atoms with Crippen LogP contribution in [0.2, 0.25) is 5.02 Å². The Labute approximate surface area is 150 Å². The molecular formula is C20H16ClNO3. The number of cyclic esters (lactones) is 1. The molecule has 0 aromatic heterocycles. The van der Waals surface area contributed by atoms with Crippen LogP contribution in [0.5, 0.6) is 5.75 Å². The van der Waals surface area contributed by atoms with Crippen molar-refractivity contribution in [1.82, 2.24) is 0 Å². The van der Waals surface area contributed by atoms with E-state index in [0.717, 1.165) is 22.2 Å². The molecule has 0 N–H and O–H groups in total. The lowest BCUT2D eigenvalue weighted by Gasteiger charge is -2.14. The first kappa shape index (κ1) is 15.8. The average molecular weight is 354 g/mol. The van der Waals surface area contributed by atoms with E-state index in [4.69, 9.17) is 21.1 Å². The van der Waals surface area contributed by atoms with Crippen molar-refractivity contribution in [2.75, 3.05) is 18.1 Å². The van der Waals surface area contributed by atoms with Gasteiger partial charge in [0.05, 0.1) is 6.54 Å². The van der Waals surface area contributed by atoms with Crippen LogP contribution < -0.4 is 9.64 Å². The van der Waals surface area contributed by atoms with Crippen molar-refractivity contribution >= 4 is 34.2 Å². The van der Waals surface area contributed by atoms with Gasteiger partial charge in [-0.3, -0.25) is 4.90 Å². The largest absolute Gasteiger partial charge is 0.489 e. The van der Waals surface area contributed by atoms with Crippen molar-refractivity contribution in [2.45, 2.75) is 6.10 Å². The third kappa shape index (κ3) is 3.26. The van der Waals surface area contributed by atoms with Crippen molar-refractivity contribution in [2.24, 2.45) is 0 Å². The molecule has 1 fully saturated rings. The number of hydrogen-bond donors (Lipinski definition) is 0. The van der Waals surface area contributed by atoms with E-state index in [-0.39, 0.29) is 12.2 Å². The van der Waals surface area contributed by atoms with Gasteiger partial charge < -0.3 is 9.47 Å². The second kappa shape index (κ2) is 6.65. The molecule has 0 saturated carbocycles. The van der Waals surface area contributed by atoms with Crippen LogP contribution in [0, 0.1) is 0 Å². The number of fused-ring (bicyclic) bond motifs is 1. The van der Waals surface area contributed by atoms with Crippen LogP contribution in [0.25, 0.3) is 10.8 Å². The topological polar surface area (TPSA) is 38.8 Å². The number of amides is 1. The molecule has 5 heteroatoms. The molecule has 25 heavy (non-hydrogen) atoms. The summed E-state index contributed by atoms with van der Waals surface area (Å²) in [5, 5.41) is 2.79. The van der Waals surface area contributed by atoms with Gasteiger partial charge in [-0.05, 0) is 35.7 Å². The van der Waals surface area contributed by atoms with Crippen LogP contribution in [0.15, 0.2) is 66.7 Å². The minimum Gasteiger partial charge on any atom is -0.489 e. The Bertz CT molecular complexity index is 905. The third-order valence-corrected chi connectivity index (χ3v) is 4.44. The fraction of sp³-hybridized carbons (Fsp3) is 0.150. The molecule has 1 unspecified atom stereocenters. The quantitative estimate of drug-likeness (QED) is 0.669. The van der Waals surface area contributed by atoms with Gasteiger partial charge in [0.15, 0.2) is 6.10 Å². The predicted molar refractivity (Wildman–Crippen MR) is 98.5 cm³/mol. The summed E-state index contributed by atoms with van der Waals surface area (Å²) in [4.78, 5) is 13.7. The van der Waals surface area contributed by atoms with Gasteiger partial charge in [-0.25, -0.2) is 4.79 Å². The number of benzene rings is 3. The smallest absolute Gasteiger partial charge is 0.414 e. The molecule has 1 saturated heterocycles. The summed E-state index contributed by atoms with van der Waals surface area (Å²) in [7, 11) is 0. The minimum absolute atomic E-state index is 0.309. The molecular weight excluding hydrogens is 338 g/mol. The molecule has 3 aromatic carbocycles. The Hall–Kier alpha value is -2.72. The Balaban J connectivity index is 1.45. The summed E-state index contributed by atoms with van der Waals surface area (Å²) in [5.74, 6) is 0.791. The highest BCUT2D eigenvalue weighted by Crippen LogP contribution is 2.27. The van der Waals surface area contributed by atoms with Crippen LogP contribution >= 0.6 is 11.6 Å². The molecule has 0 bridgehead atoms. The number of ether oxygens (including phenoxy) is 2. The highest BCUT2D eigenvalue weighted by atomic mass is 35.5. The molecule has 4 nitrogen and oxygen atoms in total. The fourth-order valence-electron chi connectivity index (χ4n) is 2.94. The number of rotatable bonds is 4. The van der Waals surface area contributed by atoms with E-state index in [2.05, 4.69) is 0 Å². The number of nitrogens with zero attached hydrogens (tertiary/aromatic N) is 1. The first-order valence-corrected chi connectivity index (χ1v) is 8.43. The minimum atomic E-state index is -0.367. The molecule has 4 rings (SSSR count). The van der Waals surface area contributed by atoms with Crippen LogP contribution in [-0.2, 0) is 4.74 Å². The fourth-order valence-corrected chi connectivity index (χ4v) is 3.07. The van der Waals surface area contributed by atoms with E-state index in [1.54, 1.807) is 29.2 Å². The maximum atomic E-state index is 12.1. The summed E-state index contributed by atoms with van der Waals surface area (Å²) >= 11 is 5.89. The Morgan fingerprint density at radius 3 is 2.64 bits per heavy atom. The standard InChI is InChI=1S/C20H16ClNO3/c21-15-8-10-16(11-9-15)22-12-17(25-20(22)23)13-24-19-7-3-5-14-4-1-2-6-18(14)19/h1-11,17H,12-13H2. The second-order valence-corrected chi connectivity index (χ2v) is 6.32. The maximum absolute atomic E-state index is 12.1. The first-order valence-electron chi connectivity index (χ1n) is 8.05. The molecule has 1 aliphatic rings. The van der Waals surface area contributed by atoms with E-state index < -0.39 is 0 Å². The van der Waals surface area contributed by atoms with Gasteiger partial charge in [-0.1, -0.05) is 48.0 Å². The van der Waals surface area contributed by atoms with Crippen molar-refractivity contribution < 1.29 is 14.3 Å². The molecule has 126 valence electrons. The number of hydrogen-bond acceptors (Lipinski definition) is 3. The van der Waals surface area contributed by atoms with Crippen molar-refractivity contribution in [3.05, 3.63) is 71.8 Å². The lowest BCUT2D eigenvalue weighted by molar-refractivity contribution is 0.105. The number of halogens is 1. The normalized spacial score (nSPS) is 16.9. The molecule has 1 amide bonds. The van der Waals surface area contributed by atoms with E-state index in [9.17, 15) is 4.79 Å². The van der Waals surface area contributed by atoms with Crippen LogP contribution in [0.4, 0.5) is 10.5 Å². The van der Waals surface area contributed by atoms with Crippen LogP contribution in [0.3, 0.4) is 0 Å². The maximum Gasteiger partial charge on any atom is 0.414 e. The highest BCUT2D eigenvalue weighted by molar-refractivity contribution is 6.30. The summed E-state index contributed by atoms with van der Waals surface area (Å²) in [5.41, 5.74) is 0.766. The molecule has 0 spiro atoms. The van der Waals surface area contributed by atoms with E-state index >= 15 is 0 Å². The van der Waals surface area contributed by atoms with Gasteiger partial charge in [-0.2, -0.15) is 0 Å². The van der Waals surface area contributed by atoms with Gasteiger partial charge in [0, 0.05) is 16.1 Å². The molecule has 0 aliphatic carbocycles. The summed E-state index contributed by atoms with van der Waals surface area (Å²) in [6.45, 7) is 0.759. The molecule has 1 atom stereocenters. The zero-order chi connectivity index (χ0) is 17.2. The van der Waals surface area contributed by atoms with Crippen LogP contribution in [-0.4, -0.2) is 25.3 Å². The highest BCUT2D eigenvalue weighted by Gasteiger charge is 2.32. The van der Waals surface area contributed by atoms with Crippen molar-refractivity contribution in [3.8, 4) is 5.75 Å². The zero-order valence-corrected chi connectivity index (χ0v) is 14.1. The SMILES string of the molecule is O=C1OC(COc2cccc3ccccc23)CN1c1ccc(Cl)cc1. The van der Waals surface area contributed by atoms with E-state index in [1.165, 1.54) is 0 Å². The lowest BCUT2D eigenvalue weighted by atomic mass is 10.1. The van der Waals surface area contributed by atoms with Gasteiger partial charge in [0.1, 0.15) is 12.4 Å². The van der Waals surface area contributed by atoms with Gasteiger partial charge in [0.25, 0.3) is 0 Å². The number of anilines is 1. The third-order valence-electron chi connectivity index (χ3n) is 4.19. The molecule has 0 radical (unpaired) electrons. The summed E-state index contributed by atoms with van der Waals surface area (Å²) in [6.07, 6.45) is -0.684. The molecule has 3 aromatic rings. The Morgan fingerprint density at radius 2 is 1.80 bits per heavy atom. The van der Waals surface area contributed by atoms with E-state index in [1.807, 2.05) is 42.5 Å². The number of carbonyl (C=O) groups is 1. The monoisotopic (exact) mass is 353 g/mol. The zero-order valence-electron chi connectivity index (χ0n) is 13.4. The summed E-state index contributed by atoms with van der Waals surface area (Å²) < 4.78 is 11.4. The predicted octanol–water partition coefficient (Wildman–Crippen LogP) is 4.90. The Kier molecular flexibility index (Phi) is 4.20. The van der Waals surface area contributed by atoms with Gasteiger partial charge >= 0.3 is 6.09 Å². The van der Waals surface area contributed by atoms with Crippen molar-refractivity contribution in [1.29, 1.82) is 0 Å². The van der Waals surface area contributed by atoms with Crippen molar-refractivity contribution in [3.63, 3.8) is 0 Å². The van der Waals surface area contributed by atoms with Gasteiger partial charge in [-0.15, -0.1) is 0 Å². The molecule has 1 aliphatic heterocycles. The van der Waals surface area contributed by atoms with E-state index in [0.29, 0.717) is 18.2 Å². The average Bonchev–Trinajstić information content (AvgIpc) is 3.01. The van der Waals surface area contributed by atoms with Crippen LogP contribution in [0.1, 0.15) is 0 Å². The lowest BCUT2D eigenvalue weighted by Crippen LogP contribution is -2.26. The summed E-state index contributed by atoms with van der Waals surface area (Å²) in [6, 6.07) is 21.1.